The van der Waals surface area contributed by atoms with Crippen LogP contribution in [0.15, 0.2) is 11.2 Å². The van der Waals surface area contributed by atoms with E-state index in [4.69, 9.17) is 0 Å². The van der Waals surface area contributed by atoms with Crippen LogP contribution in [0.25, 0.3) is 0 Å². The smallest absolute Gasteiger partial charge is 0.262 e. The number of rotatable bonds is 6. The topological polar surface area (TPSA) is 55.2 Å². The number of aromatic nitrogens is 2. The Labute approximate surface area is 116 Å². The van der Waals surface area contributed by atoms with Crippen LogP contribution in [-0.2, 0) is 16.6 Å². The van der Waals surface area contributed by atoms with E-state index in [-0.39, 0.29) is 11.1 Å². The normalized spacial score (nSPS) is 16.4. The molecule has 1 aliphatic carbocycles. The molecule has 1 fully saturated rings. The SMILES string of the molecule is CCn1cc(S(=O)(=O)N(CCBr)C2CC2)nc1C. The Kier molecular flexibility index (Phi) is 4.13. The van der Waals surface area contributed by atoms with Crippen LogP contribution in [0.3, 0.4) is 0 Å². The zero-order valence-corrected chi connectivity index (χ0v) is 13.0. The van der Waals surface area contributed by atoms with Crippen LogP contribution < -0.4 is 0 Å². The minimum atomic E-state index is -3.44. The van der Waals surface area contributed by atoms with E-state index >= 15 is 0 Å². The van der Waals surface area contributed by atoms with Gasteiger partial charge in [-0.25, -0.2) is 13.4 Å². The monoisotopic (exact) mass is 335 g/mol. The number of halogens is 1. The molecule has 0 aliphatic heterocycles. The third kappa shape index (κ3) is 2.62. The van der Waals surface area contributed by atoms with Crippen LogP contribution in [0.4, 0.5) is 0 Å². The molecule has 7 heteroatoms. The van der Waals surface area contributed by atoms with Gasteiger partial charge in [0.1, 0.15) is 5.82 Å². The Morgan fingerprint density at radius 2 is 2.22 bits per heavy atom. The van der Waals surface area contributed by atoms with Crippen LogP contribution in [-0.4, -0.2) is 40.2 Å². The quantitative estimate of drug-likeness (QED) is 0.744. The minimum Gasteiger partial charge on any atom is -0.334 e. The predicted molar refractivity (Wildman–Crippen MR) is 73.3 cm³/mol. The molecule has 18 heavy (non-hydrogen) atoms. The maximum absolute atomic E-state index is 12.5. The van der Waals surface area contributed by atoms with Crippen LogP contribution in [0.1, 0.15) is 25.6 Å². The lowest BCUT2D eigenvalue weighted by molar-refractivity contribution is 0.422. The molecule has 0 atom stereocenters. The van der Waals surface area contributed by atoms with Gasteiger partial charge in [-0.15, -0.1) is 0 Å². The molecule has 0 amide bonds. The molecule has 0 bridgehead atoms. The molecular formula is C11H18BrN3O2S. The fraction of sp³-hybridized carbons (Fsp3) is 0.727. The second-order valence-electron chi connectivity index (χ2n) is 4.45. The Morgan fingerprint density at radius 3 is 2.67 bits per heavy atom. The van der Waals surface area contributed by atoms with Crippen molar-refractivity contribution in [2.24, 2.45) is 0 Å². The third-order valence-corrected chi connectivity index (χ3v) is 5.30. The summed E-state index contributed by atoms with van der Waals surface area (Å²) in [6.45, 7) is 5.04. The summed E-state index contributed by atoms with van der Waals surface area (Å²) in [6.07, 6.45) is 3.55. The third-order valence-electron chi connectivity index (χ3n) is 3.13. The van der Waals surface area contributed by atoms with Gasteiger partial charge in [-0.3, -0.25) is 0 Å². The lowest BCUT2D eigenvalue weighted by atomic mass is 10.6. The van der Waals surface area contributed by atoms with E-state index in [1.54, 1.807) is 10.5 Å². The Morgan fingerprint density at radius 1 is 1.56 bits per heavy atom. The lowest BCUT2D eigenvalue weighted by Gasteiger charge is -2.19. The Hall–Kier alpha value is -0.400. The summed E-state index contributed by atoms with van der Waals surface area (Å²) in [7, 11) is -3.44. The molecule has 0 radical (unpaired) electrons. The van der Waals surface area contributed by atoms with Crippen molar-refractivity contribution in [2.45, 2.75) is 44.3 Å². The summed E-state index contributed by atoms with van der Waals surface area (Å²) in [5, 5.41) is 0.825. The molecule has 1 saturated carbocycles. The van der Waals surface area contributed by atoms with Crippen molar-refractivity contribution in [1.29, 1.82) is 0 Å². The molecule has 0 aromatic carbocycles. The number of alkyl halides is 1. The maximum Gasteiger partial charge on any atom is 0.262 e. The molecule has 1 aliphatic rings. The molecule has 1 aromatic rings. The van der Waals surface area contributed by atoms with Crippen molar-refractivity contribution in [3.8, 4) is 0 Å². The van der Waals surface area contributed by atoms with Crippen LogP contribution in [0.5, 0.6) is 0 Å². The van der Waals surface area contributed by atoms with Crippen molar-refractivity contribution in [2.75, 3.05) is 11.9 Å². The second kappa shape index (κ2) is 5.30. The largest absolute Gasteiger partial charge is 0.334 e. The van der Waals surface area contributed by atoms with Crippen molar-refractivity contribution in [3.63, 3.8) is 0 Å². The molecule has 0 saturated heterocycles. The van der Waals surface area contributed by atoms with Gasteiger partial charge in [0.15, 0.2) is 5.03 Å². The highest BCUT2D eigenvalue weighted by Crippen LogP contribution is 2.31. The van der Waals surface area contributed by atoms with Gasteiger partial charge in [0, 0.05) is 30.7 Å². The fourth-order valence-corrected chi connectivity index (χ4v) is 4.29. The van der Waals surface area contributed by atoms with Crippen LogP contribution in [0, 0.1) is 6.92 Å². The number of imidazole rings is 1. The van der Waals surface area contributed by atoms with Gasteiger partial charge in [-0.2, -0.15) is 4.31 Å². The van der Waals surface area contributed by atoms with E-state index in [2.05, 4.69) is 20.9 Å². The first-order valence-electron chi connectivity index (χ1n) is 6.12. The first-order valence-corrected chi connectivity index (χ1v) is 8.68. The van der Waals surface area contributed by atoms with Crippen molar-refractivity contribution in [1.82, 2.24) is 13.9 Å². The summed E-state index contributed by atoms with van der Waals surface area (Å²) >= 11 is 3.31. The first kappa shape index (κ1) is 14.0. The predicted octanol–water partition coefficient (Wildman–Crippen LogP) is 1.76. The van der Waals surface area contributed by atoms with E-state index in [1.807, 2.05) is 18.4 Å². The number of hydrogen-bond donors (Lipinski definition) is 0. The summed E-state index contributed by atoms with van der Waals surface area (Å²) in [5.41, 5.74) is 0. The van der Waals surface area contributed by atoms with Gasteiger partial charge in [0.2, 0.25) is 0 Å². The highest BCUT2D eigenvalue weighted by molar-refractivity contribution is 9.09. The summed E-state index contributed by atoms with van der Waals surface area (Å²) < 4.78 is 28.5. The van der Waals surface area contributed by atoms with Crippen molar-refractivity contribution < 1.29 is 8.42 Å². The average molecular weight is 336 g/mol. The van der Waals surface area contributed by atoms with Gasteiger partial charge < -0.3 is 4.57 Å². The number of sulfonamides is 1. The van der Waals surface area contributed by atoms with Crippen LogP contribution in [0.2, 0.25) is 0 Å². The molecule has 5 nitrogen and oxygen atoms in total. The standard InChI is InChI=1S/C11H18BrN3O2S/c1-3-14-8-11(13-9(14)2)18(16,17)15(7-6-12)10-4-5-10/h8,10H,3-7H2,1-2H3. The zero-order valence-electron chi connectivity index (χ0n) is 10.6. The van der Waals surface area contributed by atoms with Gasteiger partial charge in [-0.1, -0.05) is 15.9 Å². The van der Waals surface area contributed by atoms with Crippen molar-refractivity contribution >= 4 is 26.0 Å². The minimum absolute atomic E-state index is 0.166. The lowest BCUT2D eigenvalue weighted by Crippen LogP contribution is -2.34. The highest BCUT2D eigenvalue weighted by atomic mass is 79.9. The zero-order chi connectivity index (χ0) is 13.3. The molecule has 2 rings (SSSR count). The van der Waals surface area contributed by atoms with Crippen LogP contribution >= 0.6 is 15.9 Å². The molecular weight excluding hydrogens is 318 g/mol. The van der Waals surface area contributed by atoms with E-state index in [9.17, 15) is 8.42 Å². The van der Waals surface area contributed by atoms with Gasteiger partial charge in [-0.05, 0) is 26.7 Å². The summed E-state index contributed by atoms with van der Waals surface area (Å²) in [5.74, 6) is 0.741. The molecule has 0 N–H and O–H groups in total. The Bertz CT molecular complexity index is 522. The number of aryl methyl sites for hydroxylation is 2. The summed E-state index contributed by atoms with van der Waals surface area (Å²) in [6, 6.07) is 0.166. The molecule has 0 unspecified atom stereocenters. The second-order valence-corrected chi connectivity index (χ2v) is 7.08. The van der Waals surface area contributed by atoms with Crippen molar-refractivity contribution in [3.05, 3.63) is 12.0 Å². The average Bonchev–Trinajstić information content (AvgIpc) is 3.08. The molecule has 102 valence electrons. The molecule has 1 aromatic heterocycles. The molecule has 1 heterocycles. The summed E-state index contributed by atoms with van der Waals surface area (Å²) in [4.78, 5) is 4.18. The van der Waals surface area contributed by atoms with E-state index in [1.165, 1.54) is 0 Å². The Balaban J connectivity index is 2.33. The van der Waals surface area contributed by atoms with Gasteiger partial charge in [0.25, 0.3) is 10.0 Å². The fourth-order valence-electron chi connectivity index (χ4n) is 1.99. The first-order chi connectivity index (χ1) is 8.50. The van der Waals surface area contributed by atoms with E-state index in [0.717, 1.165) is 25.2 Å². The number of hydrogen-bond acceptors (Lipinski definition) is 3. The van der Waals surface area contributed by atoms with E-state index in [0.29, 0.717) is 11.9 Å². The van der Waals surface area contributed by atoms with E-state index < -0.39 is 10.0 Å². The highest BCUT2D eigenvalue weighted by Gasteiger charge is 2.38. The number of nitrogens with zero attached hydrogens (tertiary/aromatic N) is 3. The maximum atomic E-state index is 12.5. The van der Waals surface area contributed by atoms with Gasteiger partial charge in [0.05, 0.1) is 0 Å². The molecule has 0 spiro atoms. The van der Waals surface area contributed by atoms with Gasteiger partial charge >= 0.3 is 0 Å².